The van der Waals surface area contributed by atoms with E-state index in [1.54, 1.807) is 24.3 Å². The summed E-state index contributed by atoms with van der Waals surface area (Å²) in [6.45, 7) is 2.29. The van der Waals surface area contributed by atoms with Gasteiger partial charge in [0, 0.05) is 51.3 Å². The molecule has 0 spiro atoms. The fourth-order valence-corrected chi connectivity index (χ4v) is 2.56. The largest absolute Gasteiger partial charge is 0.483 e. The van der Waals surface area contributed by atoms with E-state index in [0.29, 0.717) is 56.7 Å². The number of aryl methyl sites for hydroxylation is 1. The lowest BCUT2D eigenvalue weighted by Crippen LogP contribution is -2.49. The van der Waals surface area contributed by atoms with Crippen LogP contribution in [0.15, 0.2) is 17.1 Å². The second kappa shape index (κ2) is 9.89. The molecule has 12 heteroatoms. The van der Waals surface area contributed by atoms with Crippen LogP contribution in [-0.2, 0) is 16.0 Å². The van der Waals surface area contributed by atoms with E-state index in [9.17, 15) is 9.59 Å². The quantitative estimate of drug-likeness (QED) is 0.547. The van der Waals surface area contributed by atoms with Gasteiger partial charge in [0.25, 0.3) is 6.47 Å². The van der Waals surface area contributed by atoms with Crippen LogP contribution in [0.25, 0.3) is 0 Å². The summed E-state index contributed by atoms with van der Waals surface area (Å²) in [6.07, 6.45) is 2.39. The maximum absolute atomic E-state index is 12.2. The smallest absolute Gasteiger partial charge is 0.340 e. The van der Waals surface area contributed by atoms with Gasteiger partial charge in [-0.25, -0.2) is 14.9 Å². The van der Waals surface area contributed by atoms with Gasteiger partial charge in [0.05, 0.1) is 7.11 Å². The molecule has 2 aromatic rings. The second-order valence-electron chi connectivity index (χ2n) is 5.50. The van der Waals surface area contributed by atoms with E-state index in [0.717, 1.165) is 0 Å². The number of carbonyl (C=O) groups is 2. The van der Waals surface area contributed by atoms with Crippen molar-refractivity contribution in [1.29, 1.82) is 0 Å². The first-order valence-corrected chi connectivity index (χ1v) is 8.18. The topological polar surface area (TPSA) is 157 Å². The van der Waals surface area contributed by atoms with Crippen molar-refractivity contribution in [3.05, 3.63) is 28.6 Å². The normalized spacial score (nSPS) is 13.5. The van der Waals surface area contributed by atoms with E-state index in [2.05, 4.69) is 25.1 Å². The number of carbonyl (C=O) groups excluding carboxylic acids is 1. The Hall–Kier alpha value is -3.44. The molecule has 1 aliphatic heterocycles. The highest BCUT2D eigenvalue weighted by Crippen LogP contribution is 2.15. The molecule has 0 saturated carbocycles. The molecule has 0 atom stereocenters. The van der Waals surface area contributed by atoms with Crippen molar-refractivity contribution in [2.75, 3.05) is 38.2 Å². The van der Waals surface area contributed by atoms with Gasteiger partial charge in [-0.05, 0) is 0 Å². The van der Waals surface area contributed by atoms with Crippen LogP contribution < -0.4 is 15.3 Å². The van der Waals surface area contributed by atoms with Crippen LogP contribution in [-0.4, -0.2) is 80.8 Å². The third kappa shape index (κ3) is 5.80. The van der Waals surface area contributed by atoms with Gasteiger partial charge < -0.3 is 19.6 Å². The monoisotopic (exact) mass is 379 g/mol. The minimum atomic E-state index is -0.357. The number of nitrogens with one attached hydrogen (secondary N) is 2. The molecule has 0 aromatic carbocycles. The number of aromatic nitrogens is 5. The zero-order valence-electron chi connectivity index (χ0n) is 14.8. The number of nitrogens with zero attached hydrogens (tertiary/aromatic N) is 5. The molecule has 1 amide bonds. The maximum Gasteiger partial charge on any atom is 0.340 e. The molecule has 12 nitrogen and oxygen atoms in total. The summed E-state index contributed by atoms with van der Waals surface area (Å²) in [7, 11) is 1.56. The number of aromatic amines is 2. The van der Waals surface area contributed by atoms with Crippen LogP contribution in [0.4, 0.5) is 5.95 Å². The van der Waals surface area contributed by atoms with Crippen LogP contribution in [0.2, 0.25) is 0 Å². The Morgan fingerprint density at radius 1 is 1.37 bits per heavy atom. The van der Waals surface area contributed by atoms with Gasteiger partial charge in [0.2, 0.25) is 17.7 Å². The van der Waals surface area contributed by atoms with Crippen LogP contribution >= 0.6 is 0 Å². The van der Waals surface area contributed by atoms with Crippen molar-refractivity contribution in [2.45, 2.75) is 12.8 Å². The standard InChI is InChI=1S/C14H19N7O3.CH2O2/c1-24-11-4-5-15-13(17-11)21-8-6-20(7-9-21)12(22)3-2-10-16-14(23)19-18-10;2-1-3/h4-5H,2-3,6-9H2,1H3,(H2,16,18,19,23);1H,(H,2,3). The molecule has 27 heavy (non-hydrogen) atoms. The average molecular weight is 379 g/mol. The fourth-order valence-electron chi connectivity index (χ4n) is 2.56. The first-order valence-electron chi connectivity index (χ1n) is 8.18. The summed E-state index contributed by atoms with van der Waals surface area (Å²) in [6, 6.07) is 1.70. The van der Waals surface area contributed by atoms with Crippen LogP contribution in [0.3, 0.4) is 0 Å². The van der Waals surface area contributed by atoms with Crippen molar-refractivity contribution < 1.29 is 19.4 Å². The minimum Gasteiger partial charge on any atom is -0.483 e. The first-order chi connectivity index (χ1) is 13.1. The molecular weight excluding hydrogens is 358 g/mol. The zero-order valence-corrected chi connectivity index (χ0v) is 14.8. The van der Waals surface area contributed by atoms with Crippen molar-refractivity contribution in [2.24, 2.45) is 0 Å². The molecule has 146 valence electrons. The Labute approximate surface area is 154 Å². The summed E-state index contributed by atoms with van der Waals surface area (Å²) in [5.41, 5.74) is -0.357. The number of rotatable bonds is 5. The van der Waals surface area contributed by atoms with Crippen LogP contribution in [0.1, 0.15) is 12.2 Å². The molecule has 2 aromatic heterocycles. The lowest BCUT2D eigenvalue weighted by atomic mass is 10.2. The molecule has 1 fully saturated rings. The number of piperazine rings is 1. The van der Waals surface area contributed by atoms with Crippen molar-refractivity contribution in [3.63, 3.8) is 0 Å². The van der Waals surface area contributed by atoms with Gasteiger partial charge >= 0.3 is 5.69 Å². The molecule has 1 aliphatic rings. The summed E-state index contributed by atoms with van der Waals surface area (Å²) < 4.78 is 5.10. The highest BCUT2D eigenvalue weighted by Gasteiger charge is 2.22. The van der Waals surface area contributed by atoms with E-state index >= 15 is 0 Å². The van der Waals surface area contributed by atoms with Crippen molar-refractivity contribution in [1.82, 2.24) is 30.0 Å². The Balaban J connectivity index is 0.000000817. The Morgan fingerprint density at radius 2 is 2.07 bits per heavy atom. The zero-order chi connectivity index (χ0) is 19.6. The Kier molecular flexibility index (Phi) is 7.28. The highest BCUT2D eigenvalue weighted by atomic mass is 16.5. The molecule has 3 heterocycles. The summed E-state index contributed by atoms with van der Waals surface area (Å²) in [4.78, 5) is 46.5. The van der Waals surface area contributed by atoms with Gasteiger partial charge in [-0.1, -0.05) is 0 Å². The number of H-pyrrole nitrogens is 2. The molecule has 3 N–H and O–H groups in total. The predicted molar refractivity (Wildman–Crippen MR) is 93.6 cm³/mol. The Bertz CT molecular complexity index is 798. The van der Waals surface area contributed by atoms with E-state index in [4.69, 9.17) is 14.6 Å². The first kappa shape index (κ1) is 19.9. The Morgan fingerprint density at radius 3 is 2.67 bits per heavy atom. The lowest BCUT2D eigenvalue weighted by Gasteiger charge is -2.34. The van der Waals surface area contributed by atoms with Crippen LogP contribution in [0, 0.1) is 0 Å². The summed E-state index contributed by atoms with van der Waals surface area (Å²) in [5.74, 6) is 1.67. The maximum atomic E-state index is 12.2. The molecule has 3 rings (SSSR count). The fraction of sp³-hybridized carbons (Fsp3) is 0.467. The van der Waals surface area contributed by atoms with E-state index < -0.39 is 0 Å². The number of carboxylic acid groups (broad SMARTS) is 1. The average Bonchev–Trinajstić information content (AvgIpc) is 3.12. The number of ether oxygens (including phenoxy) is 1. The third-order valence-electron chi connectivity index (χ3n) is 3.87. The van der Waals surface area contributed by atoms with E-state index in [1.165, 1.54) is 0 Å². The number of anilines is 1. The molecule has 0 unspecified atom stereocenters. The minimum absolute atomic E-state index is 0.0464. The van der Waals surface area contributed by atoms with Crippen molar-refractivity contribution in [3.8, 4) is 5.88 Å². The summed E-state index contributed by atoms with van der Waals surface area (Å²) >= 11 is 0. The van der Waals surface area contributed by atoms with Crippen LogP contribution in [0.5, 0.6) is 5.88 Å². The highest BCUT2D eigenvalue weighted by molar-refractivity contribution is 5.76. The molecular formula is C15H21N7O5. The second-order valence-corrected chi connectivity index (χ2v) is 5.50. The van der Waals surface area contributed by atoms with Gasteiger partial charge in [-0.15, -0.1) is 0 Å². The van der Waals surface area contributed by atoms with Gasteiger partial charge in [0.1, 0.15) is 5.82 Å². The number of amides is 1. The summed E-state index contributed by atoms with van der Waals surface area (Å²) in [5, 5.41) is 13.0. The van der Waals surface area contributed by atoms with Gasteiger partial charge in [-0.2, -0.15) is 10.1 Å². The van der Waals surface area contributed by atoms with Crippen molar-refractivity contribution >= 4 is 18.3 Å². The molecule has 0 aliphatic carbocycles. The van der Waals surface area contributed by atoms with Gasteiger partial charge in [-0.3, -0.25) is 14.6 Å². The molecule has 0 bridgehead atoms. The molecule has 1 saturated heterocycles. The van der Waals surface area contributed by atoms with E-state index in [1.807, 2.05) is 4.90 Å². The number of hydrogen-bond donors (Lipinski definition) is 3. The number of methoxy groups -OCH3 is 1. The molecule has 0 radical (unpaired) electrons. The van der Waals surface area contributed by atoms with Gasteiger partial charge in [0.15, 0.2) is 0 Å². The lowest BCUT2D eigenvalue weighted by molar-refractivity contribution is -0.131. The number of hydrogen-bond acceptors (Lipinski definition) is 8. The predicted octanol–water partition coefficient (Wildman–Crippen LogP) is -1.12. The SMILES string of the molecule is COc1ccnc(N2CCN(C(=O)CCc3n[nH]c(=O)[nH]3)CC2)n1.O=CO. The van der Waals surface area contributed by atoms with E-state index in [-0.39, 0.29) is 18.1 Å². The third-order valence-corrected chi connectivity index (χ3v) is 3.87.